The SMILES string of the molecule is Nc1cccc(NCCCCCCO)n1. The summed E-state index contributed by atoms with van der Waals surface area (Å²) in [6, 6.07) is 5.56. The van der Waals surface area contributed by atoms with Crippen molar-refractivity contribution in [2.75, 3.05) is 24.2 Å². The topological polar surface area (TPSA) is 71.2 Å². The predicted molar refractivity (Wildman–Crippen MR) is 62.7 cm³/mol. The highest BCUT2D eigenvalue weighted by atomic mass is 16.2. The monoisotopic (exact) mass is 209 g/mol. The number of aromatic nitrogens is 1. The summed E-state index contributed by atoms with van der Waals surface area (Å²) in [6.07, 6.45) is 4.21. The third kappa shape index (κ3) is 5.22. The van der Waals surface area contributed by atoms with Crippen LogP contribution in [0.5, 0.6) is 0 Å². The van der Waals surface area contributed by atoms with Gasteiger partial charge < -0.3 is 16.2 Å². The number of nitrogens with zero attached hydrogens (tertiary/aromatic N) is 1. The van der Waals surface area contributed by atoms with Crippen LogP contribution < -0.4 is 11.1 Å². The van der Waals surface area contributed by atoms with Crippen LogP contribution in [0, 0.1) is 0 Å². The van der Waals surface area contributed by atoms with Crippen LogP contribution >= 0.6 is 0 Å². The van der Waals surface area contributed by atoms with Crippen molar-refractivity contribution in [3.05, 3.63) is 18.2 Å². The minimum Gasteiger partial charge on any atom is -0.396 e. The van der Waals surface area contributed by atoms with Gasteiger partial charge in [0, 0.05) is 13.2 Å². The summed E-state index contributed by atoms with van der Waals surface area (Å²) in [5, 5.41) is 11.8. The molecule has 0 fully saturated rings. The molecule has 1 aromatic heterocycles. The molecule has 0 unspecified atom stereocenters. The number of hydrogen-bond donors (Lipinski definition) is 3. The van der Waals surface area contributed by atoms with Gasteiger partial charge in [0.25, 0.3) is 0 Å². The Labute approximate surface area is 90.5 Å². The fraction of sp³-hybridized carbons (Fsp3) is 0.545. The first-order chi connectivity index (χ1) is 7.33. The van der Waals surface area contributed by atoms with Crippen LogP contribution in [-0.2, 0) is 0 Å². The zero-order chi connectivity index (χ0) is 10.9. The van der Waals surface area contributed by atoms with E-state index in [4.69, 9.17) is 10.8 Å². The van der Waals surface area contributed by atoms with E-state index in [0.717, 1.165) is 38.0 Å². The van der Waals surface area contributed by atoms with Gasteiger partial charge in [-0.25, -0.2) is 4.98 Å². The van der Waals surface area contributed by atoms with Gasteiger partial charge in [-0.3, -0.25) is 0 Å². The van der Waals surface area contributed by atoms with E-state index in [2.05, 4.69) is 10.3 Å². The van der Waals surface area contributed by atoms with Gasteiger partial charge in [0.2, 0.25) is 0 Å². The lowest BCUT2D eigenvalue weighted by Gasteiger charge is -2.05. The molecule has 0 aliphatic heterocycles. The molecule has 0 spiro atoms. The van der Waals surface area contributed by atoms with Crippen molar-refractivity contribution in [1.29, 1.82) is 0 Å². The molecule has 0 saturated carbocycles. The number of hydrogen-bond acceptors (Lipinski definition) is 4. The van der Waals surface area contributed by atoms with Gasteiger partial charge in [0.05, 0.1) is 0 Å². The molecular weight excluding hydrogens is 190 g/mol. The number of rotatable bonds is 7. The van der Waals surface area contributed by atoms with Gasteiger partial charge in [-0.05, 0) is 25.0 Å². The second-order valence-corrected chi connectivity index (χ2v) is 3.51. The second kappa shape index (κ2) is 7.06. The molecule has 4 nitrogen and oxygen atoms in total. The molecule has 0 bridgehead atoms. The van der Waals surface area contributed by atoms with Crippen molar-refractivity contribution in [2.24, 2.45) is 0 Å². The van der Waals surface area contributed by atoms with Crippen LogP contribution in [-0.4, -0.2) is 23.2 Å². The van der Waals surface area contributed by atoms with Crippen LogP contribution in [0.15, 0.2) is 18.2 Å². The average Bonchev–Trinajstić information content (AvgIpc) is 2.23. The summed E-state index contributed by atoms with van der Waals surface area (Å²) < 4.78 is 0. The molecule has 4 N–H and O–H groups in total. The van der Waals surface area contributed by atoms with E-state index in [1.807, 2.05) is 12.1 Å². The number of nitrogen functional groups attached to an aromatic ring is 1. The zero-order valence-corrected chi connectivity index (χ0v) is 8.95. The molecule has 1 heterocycles. The third-order valence-electron chi connectivity index (χ3n) is 2.16. The first-order valence-corrected chi connectivity index (χ1v) is 5.40. The maximum atomic E-state index is 8.59. The number of anilines is 2. The van der Waals surface area contributed by atoms with Gasteiger partial charge in [0.15, 0.2) is 0 Å². The normalized spacial score (nSPS) is 10.2. The maximum Gasteiger partial charge on any atom is 0.128 e. The predicted octanol–water partition coefficient (Wildman–Crippen LogP) is 1.63. The molecular formula is C11H19N3O. The van der Waals surface area contributed by atoms with Gasteiger partial charge in [-0.1, -0.05) is 18.9 Å². The van der Waals surface area contributed by atoms with Crippen molar-refractivity contribution in [3.63, 3.8) is 0 Å². The lowest BCUT2D eigenvalue weighted by molar-refractivity contribution is 0.283. The van der Waals surface area contributed by atoms with E-state index in [1.165, 1.54) is 0 Å². The summed E-state index contributed by atoms with van der Waals surface area (Å²) in [5.41, 5.74) is 5.55. The van der Waals surface area contributed by atoms with E-state index >= 15 is 0 Å². The Balaban J connectivity index is 2.10. The van der Waals surface area contributed by atoms with E-state index in [1.54, 1.807) is 6.07 Å². The van der Waals surface area contributed by atoms with Crippen LogP contribution in [0.3, 0.4) is 0 Å². The Bertz CT molecular complexity index is 278. The fourth-order valence-corrected chi connectivity index (χ4v) is 1.36. The molecule has 0 aromatic carbocycles. The summed E-state index contributed by atoms with van der Waals surface area (Å²) in [5.74, 6) is 1.37. The van der Waals surface area contributed by atoms with Crippen molar-refractivity contribution in [1.82, 2.24) is 4.98 Å². The van der Waals surface area contributed by atoms with E-state index < -0.39 is 0 Å². The Hall–Kier alpha value is -1.29. The number of aliphatic hydroxyl groups excluding tert-OH is 1. The Morgan fingerprint density at radius 3 is 2.73 bits per heavy atom. The van der Waals surface area contributed by atoms with Gasteiger partial charge in [0.1, 0.15) is 11.6 Å². The quantitative estimate of drug-likeness (QED) is 0.597. The fourth-order valence-electron chi connectivity index (χ4n) is 1.36. The summed E-state index contributed by atoms with van der Waals surface area (Å²) in [4.78, 5) is 4.13. The molecule has 15 heavy (non-hydrogen) atoms. The molecule has 0 saturated heterocycles. The second-order valence-electron chi connectivity index (χ2n) is 3.51. The molecule has 1 aromatic rings. The highest BCUT2D eigenvalue weighted by molar-refractivity contribution is 5.41. The van der Waals surface area contributed by atoms with Crippen LogP contribution in [0.1, 0.15) is 25.7 Å². The summed E-state index contributed by atoms with van der Waals surface area (Å²) in [6.45, 7) is 1.20. The number of aliphatic hydroxyl groups is 1. The lowest BCUT2D eigenvalue weighted by Crippen LogP contribution is -2.04. The maximum absolute atomic E-state index is 8.59. The highest BCUT2D eigenvalue weighted by Gasteiger charge is 1.93. The van der Waals surface area contributed by atoms with Crippen LogP contribution in [0.4, 0.5) is 11.6 Å². The van der Waals surface area contributed by atoms with E-state index in [9.17, 15) is 0 Å². The first-order valence-electron chi connectivity index (χ1n) is 5.40. The van der Waals surface area contributed by atoms with E-state index in [-0.39, 0.29) is 0 Å². The lowest BCUT2D eigenvalue weighted by atomic mass is 10.2. The zero-order valence-electron chi connectivity index (χ0n) is 8.95. The smallest absolute Gasteiger partial charge is 0.128 e. The molecule has 4 heteroatoms. The Morgan fingerprint density at radius 2 is 2.00 bits per heavy atom. The number of pyridine rings is 1. The first kappa shape index (κ1) is 11.8. The third-order valence-corrected chi connectivity index (χ3v) is 2.16. The van der Waals surface area contributed by atoms with E-state index in [0.29, 0.717) is 12.4 Å². The molecule has 0 aliphatic rings. The van der Waals surface area contributed by atoms with Gasteiger partial charge >= 0.3 is 0 Å². The molecule has 0 amide bonds. The number of nitrogens with one attached hydrogen (secondary N) is 1. The molecule has 0 aliphatic carbocycles. The standard InChI is InChI=1S/C11H19N3O/c12-10-6-5-7-11(14-10)13-8-3-1-2-4-9-15/h5-7,15H,1-4,8-9H2,(H3,12,13,14). The molecule has 84 valence electrons. The van der Waals surface area contributed by atoms with Crippen molar-refractivity contribution in [3.8, 4) is 0 Å². The highest BCUT2D eigenvalue weighted by Crippen LogP contribution is 2.06. The molecule has 0 radical (unpaired) electrons. The minimum atomic E-state index is 0.296. The molecule has 0 atom stereocenters. The van der Waals surface area contributed by atoms with Crippen molar-refractivity contribution >= 4 is 11.6 Å². The van der Waals surface area contributed by atoms with Crippen LogP contribution in [0.2, 0.25) is 0 Å². The Kier molecular flexibility index (Phi) is 5.55. The van der Waals surface area contributed by atoms with Crippen molar-refractivity contribution in [2.45, 2.75) is 25.7 Å². The minimum absolute atomic E-state index is 0.296. The largest absolute Gasteiger partial charge is 0.396 e. The van der Waals surface area contributed by atoms with Crippen LogP contribution in [0.25, 0.3) is 0 Å². The summed E-state index contributed by atoms with van der Waals surface area (Å²) in [7, 11) is 0. The average molecular weight is 209 g/mol. The van der Waals surface area contributed by atoms with Crippen molar-refractivity contribution < 1.29 is 5.11 Å². The molecule has 1 rings (SSSR count). The number of unbranched alkanes of at least 4 members (excludes halogenated alkanes) is 3. The Morgan fingerprint density at radius 1 is 1.20 bits per heavy atom. The van der Waals surface area contributed by atoms with Gasteiger partial charge in [-0.2, -0.15) is 0 Å². The van der Waals surface area contributed by atoms with Gasteiger partial charge in [-0.15, -0.1) is 0 Å². The summed E-state index contributed by atoms with van der Waals surface area (Å²) >= 11 is 0. The number of nitrogens with two attached hydrogens (primary N) is 1.